The Morgan fingerprint density at radius 1 is 1.36 bits per heavy atom. The number of hydrogen-bond donors (Lipinski definition) is 2. The third-order valence-electron chi connectivity index (χ3n) is 4.05. The van der Waals surface area contributed by atoms with Crippen molar-refractivity contribution in [2.45, 2.75) is 51.2 Å². The number of oxazole rings is 1. The molecular weight excluding hydrogens is 366 g/mol. The summed E-state index contributed by atoms with van der Waals surface area (Å²) < 4.78 is 21.3. The smallest absolute Gasteiger partial charge is 0.408 e. The molecule has 0 saturated heterocycles. The third kappa shape index (κ3) is 4.85. The number of fused-ring (bicyclic) bond motifs is 1. The molecule has 0 bridgehead atoms. The van der Waals surface area contributed by atoms with E-state index in [0.29, 0.717) is 34.3 Å². The molecule has 1 heterocycles. The fourth-order valence-electron chi connectivity index (χ4n) is 2.55. The highest BCUT2D eigenvalue weighted by molar-refractivity contribution is 5.82. The summed E-state index contributed by atoms with van der Waals surface area (Å²) >= 11 is 0. The Balaban J connectivity index is 1.70. The van der Waals surface area contributed by atoms with Crippen molar-refractivity contribution >= 4 is 28.8 Å². The molecule has 0 aliphatic heterocycles. The average molecular weight is 391 g/mol. The van der Waals surface area contributed by atoms with E-state index in [1.165, 1.54) is 7.11 Å². The molecule has 3 N–H and O–H groups in total. The van der Waals surface area contributed by atoms with E-state index in [1.54, 1.807) is 32.9 Å². The number of alkyl carbamates (subject to hydrolysis) is 1. The number of carbonyl (C=O) groups excluding carboxylic acids is 2. The zero-order valence-electron chi connectivity index (χ0n) is 16.4. The van der Waals surface area contributed by atoms with Gasteiger partial charge in [-0.1, -0.05) is 0 Å². The second kappa shape index (κ2) is 7.57. The Kier molecular flexibility index (Phi) is 5.35. The van der Waals surface area contributed by atoms with Gasteiger partial charge >= 0.3 is 12.1 Å². The van der Waals surface area contributed by atoms with Gasteiger partial charge in [-0.25, -0.2) is 14.6 Å². The summed E-state index contributed by atoms with van der Waals surface area (Å²) in [6.07, 6.45) is 1.39. The maximum atomic E-state index is 12.0. The van der Waals surface area contributed by atoms with Gasteiger partial charge < -0.3 is 29.7 Å². The molecule has 1 amide bonds. The number of ether oxygens (including phenoxy) is 3. The van der Waals surface area contributed by atoms with Crippen molar-refractivity contribution in [1.29, 1.82) is 0 Å². The number of amides is 1. The van der Waals surface area contributed by atoms with E-state index in [-0.39, 0.29) is 6.61 Å². The first-order chi connectivity index (χ1) is 13.2. The summed E-state index contributed by atoms with van der Waals surface area (Å²) in [5.41, 5.74) is 6.88. The van der Waals surface area contributed by atoms with Crippen LogP contribution in [0.25, 0.3) is 11.1 Å². The molecule has 0 radical (unpaired) electrons. The normalized spacial score (nSPS) is 15.1. The Labute approximate surface area is 162 Å². The lowest BCUT2D eigenvalue weighted by Crippen LogP contribution is -2.47. The molecule has 1 saturated carbocycles. The maximum Gasteiger partial charge on any atom is 0.408 e. The van der Waals surface area contributed by atoms with Crippen LogP contribution in [0.4, 0.5) is 10.5 Å². The predicted octanol–water partition coefficient (Wildman–Crippen LogP) is 2.73. The van der Waals surface area contributed by atoms with Crippen LogP contribution in [-0.4, -0.2) is 42.4 Å². The summed E-state index contributed by atoms with van der Waals surface area (Å²) in [5.74, 6) is 0.747. The molecule has 28 heavy (non-hydrogen) atoms. The molecule has 1 unspecified atom stereocenters. The van der Waals surface area contributed by atoms with Crippen LogP contribution in [0.2, 0.25) is 0 Å². The van der Waals surface area contributed by atoms with Crippen molar-refractivity contribution in [2.75, 3.05) is 19.5 Å². The number of hydrogen-bond acceptors (Lipinski definition) is 8. The summed E-state index contributed by atoms with van der Waals surface area (Å²) in [6.45, 7) is 4.98. The molecule has 1 aromatic heterocycles. The lowest BCUT2D eigenvalue weighted by atomic mass is 10.2. The van der Waals surface area contributed by atoms with Gasteiger partial charge in [-0.2, -0.15) is 0 Å². The van der Waals surface area contributed by atoms with Gasteiger partial charge in [0.2, 0.25) is 0 Å². The van der Waals surface area contributed by atoms with Crippen molar-refractivity contribution in [1.82, 2.24) is 10.3 Å². The predicted molar refractivity (Wildman–Crippen MR) is 101 cm³/mol. The maximum absolute atomic E-state index is 12.0. The topological polar surface area (TPSA) is 126 Å². The van der Waals surface area contributed by atoms with Crippen molar-refractivity contribution < 1.29 is 28.2 Å². The van der Waals surface area contributed by atoms with E-state index in [1.807, 2.05) is 0 Å². The summed E-state index contributed by atoms with van der Waals surface area (Å²) in [6, 6.07) is 2.23. The largest absolute Gasteiger partial charge is 0.489 e. The summed E-state index contributed by atoms with van der Waals surface area (Å²) in [4.78, 5) is 28.4. The fraction of sp³-hybridized carbons (Fsp3) is 0.526. The molecule has 1 atom stereocenters. The summed E-state index contributed by atoms with van der Waals surface area (Å²) in [7, 11) is 1.22. The molecule has 0 spiro atoms. The number of aromatic nitrogens is 1. The molecule has 9 heteroatoms. The summed E-state index contributed by atoms with van der Waals surface area (Å²) in [5, 5.41) is 2.44. The number of anilines is 1. The minimum Gasteiger partial charge on any atom is -0.489 e. The third-order valence-corrected chi connectivity index (χ3v) is 4.05. The number of carbonyl (C=O) groups is 2. The van der Waals surface area contributed by atoms with Gasteiger partial charge in [-0.05, 0) is 33.6 Å². The Morgan fingerprint density at radius 3 is 2.68 bits per heavy atom. The molecule has 1 aromatic carbocycles. The highest BCUT2D eigenvalue weighted by atomic mass is 16.6. The highest BCUT2D eigenvalue weighted by Crippen LogP contribution is 2.41. The Morgan fingerprint density at radius 2 is 2.07 bits per heavy atom. The van der Waals surface area contributed by atoms with Crippen LogP contribution < -0.4 is 15.8 Å². The van der Waals surface area contributed by atoms with Gasteiger partial charge in [0, 0.05) is 18.1 Å². The SMILES string of the molecule is COC(=O)C(COc1cc2nc(C3CC3)oc2cc1N)NC(=O)OC(C)(C)C. The van der Waals surface area contributed by atoms with Crippen LogP contribution in [-0.2, 0) is 14.3 Å². The highest BCUT2D eigenvalue weighted by Gasteiger charge is 2.29. The standard InChI is InChI=1S/C19H25N3O6/c1-19(2,3)28-18(24)22-13(17(23)25-4)9-26-14-8-12-15(7-11(14)20)27-16(21-12)10-5-6-10/h7-8,10,13H,5-6,9,20H2,1-4H3,(H,22,24). The minimum absolute atomic E-state index is 0.186. The molecule has 152 valence electrons. The van der Waals surface area contributed by atoms with Crippen LogP contribution in [0.1, 0.15) is 45.4 Å². The Hall–Kier alpha value is -2.97. The number of methoxy groups -OCH3 is 1. The first kappa shape index (κ1) is 19.8. The quantitative estimate of drug-likeness (QED) is 0.569. The number of nitrogen functional groups attached to an aromatic ring is 1. The number of benzene rings is 1. The van der Waals surface area contributed by atoms with Crippen LogP contribution in [0.3, 0.4) is 0 Å². The molecule has 9 nitrogen and oxygen atoms in total. The molecule has 2 aromatic rings. The van der Waals surface area contributed by atoms with Gasteiger partial charge in [0.1, 0.15) is 23.5 Å². The van der Waals surface area contributed by atoms with Gasteiger partial charge in [-0.3, -0.25) is 0 Å². The van der Waals surface area contributed by atoms with Crippen LogP contribution in [0, 0.1) is 0 Å². The van der Waals surface area contributed by atoms with E-state index in [4.69, 9.17) is 24.4 Å². The minimum atomic E-state index is -1.06. The zero-order chi connectivity index (χ0) is 20.5. The molecule has 1 aliphatic rings. The first-order valence-electron chi connectivity index (χ1n) is 9.06. The first-order valence-corrected chi connectivity index (χ1v) is 9.06. The van der Waals surface area contributed by atoms with Gasteiger partial charge in [-0.15, -0.1) is 0 Å². The van der Waals surface area contributed by atoms with Gasteiger partial charge in [0.15, 0.2) is 17.5 Å². The fourth-order valence-corrected chi connectivity index (χ4v) is 2.55. The monoisotopic (exact) mass is 391 g/mol. The average Bonchev–Trinajstić information content (AvgIpc) is 3.37. The lowest BCUT2D eigenvalue weighted by molar-refractivity contribution is -0.143. The van der Waals surface area contributed by atoms with Crippen molar-refractivity contribution in [2.24, 2.45) is 0 Å². The van der Waals surface area contributed by atoms with E-state index in [0.717, 1.165) is 12.8 Å². The van der Waals surface area contributed by atoms with Crippen LogP contribution >= 0.6 is 0 Å². The second-order valence-corrected chi connectivity index (χ2v) is 7.72. The van der Waals surface area contributed by atoms with Crippen LogP contribution in [0.15, 0.2) is 16.5 Å². The van der Waals surface area contributed by atoms with E-state index in [9.17, 15) is 9.59 Å². The van der Waals surface area contributed by atoms with Crippen molar-refractivity contribution in [3.05, 3.63) is 18.0 Å². The zero-order valence-corrected chi connectivity index (χ0v) is 16.4. The van der Waals surface area contributed by atoms with E-state index < -0.39 is 23.7 Å². The van der Waals surface area contributed by atoms with Crippen molar-refractivity contribution in [3.8, 4) is 5.75 Å². The van der Waals surface area contributed by atoms with Crippen molar-refractivity contribution in [3.63, 3.8) is 0 Å². The molecule has 1 aliphatic carbocycles. The molecular formula is C19H25N3O6. The number of esters is 1. The lowest BCUT2D eigenvalue weighted by Gasteiger charge is -2.22. The molecule has 1 fully saturated rings. The van der Waals surface area contributed by atoms with E-state index >= 15 is 0 Å². The van der Waals surface area contributed by atoms with E-state index in [2.05, 4.69) is 10.3 Å². The second-order valence-electron chi connectivity index (χ2n) is 7.72. The Bertz CT molecular complexity index is 882. The van der Waals surface area contributed by atoms with Gasteiger partial charge in [0.25, 0.3) is 0 Å². The van der Waals surface area contributed by atoms with Crippen LogP contribution in [0.5, 0.6) is 5.75 Å². The van der Waals surface area contributed by atoms with Gasteiger partial charge in [0.05, 0.1) is 12.8 Å². The molecule has 3 rings (SSSR count). The number of nitrogens with zero attached hydrogens (tertiary/aromatic N) is 1. The number of nitrogens with one attached hydrogen (secondary N) is 1. The number of nitrogens with two attached hydrogens (primary N) is 1. The number of rotatable bonds is 6.